The maximum Gasteiger partial charge on any atom is 0.301 e. The number of hydrogen-bond donors (Lipinski definition) is 1. The number of hydrogen-bond acceptors (Lipinski definition) is 7. The van der Waals surface area contributed by atoms with Crippen molar-refractivity contribution in [2.45, 2.75) is 26.7 Å². The van der Waals surface area contributed by atoms with Gasteiger partial charge in [0.1, 0.15) is 12.1 Å². The lowest BCUT2D eigenvalue weighted by Gasteiger charge is -2.29. The summed E-state index contributed by atoms with van der Waals surface area (Å²) in [5.41, 5.74) is 3.57. The van der Waals surface area contributed by atoms with E-state index in [4.69, 9.17) is 4.74 Å². The Balaban J connectivity index is 1.71. The highest BCUT2D eigenvalue weighted by Gasteiger charge is 2.26. The molecule has 2 aliphatic rings. The van der Waals surface area contributed by atoms with Crippen molar-refractivity contribution < 1.29 is 13.2 Å². The minimum absolute atomic E-state index is 0.477. The van der Waals surface area contributed by atoms with E-state index >= 15 is 0 Å². The number of nitrogens with zero attached hydrogens (tertiary/aromatic N) is 5. The first-order valence-electron chi connectivity index (χ1n) is 9.85. The summed E-state index contributed by atoms with van der Waals surface area (Å²) in [6.07, 6.45) is 5.09. The van der Waals surface area contributed by atoms with Gasteiger partial charge in [-0.3, -0.25) is 9.71 Å². The van der Waals surface area contributed by atoms with Crippen LogP contribution in [0.25, 0.3) is 11.1 Å². The maximum absolute atomic E-state index is 12.7. The molecule has 1 N–H and O–H groups in total. The zero-order chi connectivity index (χ0) is 20.4. The molecule has 2 aromatic rings. The van der Waals surface area contributed by atoms with Crippen LogP contribution in [0.15, 0.2) is 18.6 Å². The Morgan fingerprint density at radius 1 is 1.00 bits per heavy atom. The molecule has 156 valence electrons. The van der Waals surface area contributed by atoms with Gasteiger partial charge in [-0.15, -0.1) is 0 Å². The molecule has 4 heterocycles. The van der Waals surface area contributed by atoms with Crippen molar-refractivity contribution >= 4 is 21.7 Å². The summed E-state index contributed by atoms with van der Waals surface area (Å²) >= 11 is 0. The Morgan fingerprint density at radius 2 is 1.72 bits per heavy atom. The lowest BCUT2D eigenvalue weighted by atomic mass is 10.0. The summed E-state index contributed by atoms with van der Waals surface area (Å²) in [4.78, 5) is 15.5. The van der Waals surface area contributed by atoms with E-state index in [2.05, 4.69) is 24.6 Å². The van der Waals surface area contributed by atoms with Crippen LogP contribution in [0.2, 0.25) is 0 Å². The molecule has 0 saturated carbocycles. The van der Waals surface area contributed by atoms with Crippen LogP contribution in [-0.4, -0.2) is 67.1 Å². The first-order chi connectivity index (χ1) is 14.0. The Kier molecular flexibility index (Phi) is 5.66. The van der Waals surface area contributed by atoms with Crippen LogP contribution < -0.4 is 9.62 Å². The first-order valence-corrected chi connectivity index (χ1v) is 11.3. The van der Waals surface area contributed by atoms with Crippen LogP contribution in [0, 0.1) is 13.8 Å². The number of anilines is 2. The Hall–Kier alpha value is -2.30. The van der Waals surface area contributed by atoms with Gasteiger partial charge in [-0.2, -0.15) is 12.7 Å². The van der Waals surface area contributed by atoms with E-state index in [-0.39, 0.29) is 0 Å². The van der Waals surface area contributed by atoms with Gasteiger partial charge in [-0.1, -0.05) is 0 Å². The van der Waals surface area contributed by atoms with Crippen molar-refractivity contribution in [1.82, 2.24) is 19.3 Å². The molecule has 0 aliphatic carbocycles. The highest BCUT2D eigenvalue weighted by atomic mass is 32.2. The van der Waals surface area contributed by atoms with Gasteiger partial charge < -0.3 is 9.64 Å². The number of aryl methyl sites for hydroxylation is 2. The molecule has 2 aliphatic heterocycles. The van der Waals surface area contributed by atoms with Gasteiger partial charge in [0.15, 0.2) is 0 Å². The summed E-state index contributed by atoms with van der Waals surface area (Å²) in [5.74, 6) is 0.819. The molecule has 0 spiro atoms. The predicted octanol–water partition coefficient (Wildman–Crippen LogP) is 1.74. The fourth-order valence-corrected chi connectivity index (χ4v) is 5.07. The van der Waals surface area contributed by atoms with E-state index in [0.29, 0.717) is 37.7 Å². The Bertz CT molecular complexity index is 985. The van der Waals surface area contributed by atoms with Gasteiger partial charge >= 0.3 is 10.2 Å². The third kappa shape index (κ3) is 4.19. The largest absolute Gasteiger partial charge is 0.378 e. The molecular weight excluding hydrogens is 392 g/mol. The van der Waals surface area contributed by atoms with E-state index in [1.54, 1.807) is 19.4 Å². The average molecular weight is 419 g/mol. The highest BCUT2D eigenvalue weighted by Crippen LogP contribution is 2.33. The van der Waals surface area contributed by atoms with Crippen LogP contribution in [-0.2, 0) is 14.9 Å². The minimum Gasteiger partial charge on any atom is -0.378 e. The SMILES string of the molecule is Cc1ncc(-c2c(C)ncnc2N2CCOCC2)cc1NS(=O)(=O)N1CCCC1. The molecule has 9 nitrogen and oxygen atoms in total. The molecular formula is C19H26N6O3S. The summed E-state index contributed by atoms with van der Waals surface area (Å²) in [6.45, 7) is 7.61. The summed E-state index contributed by atoms with van der Waals surface area (Å²) in [5, 5.41) is 0. The molecule has 29 heavy (non-hydrogen) atoms. The van der Waals surface area contributed by atoms with Crippen LogP contribution >= 0.6 is 0 Å². The molecule has 0 unspecified atom stereocenters. The zero-order valence-electron chi connectivity index (χ0n) is 16.8. The van der Waals surface area contributed by atoms with E-state index in [0.717, 1.165) is 48.6 Å². The Labute approximate surface area is 171 Å². The maximum atomic E-state index is 12.7. The molecule has 0 atom stereocenters. The quantitative estimate of drug-likeness (QED) is 0.789. The van der Waals surface area contributed by atoms with E-state index in [1.807, 2.05) is 13.0 Å². The summed E-state index contributed by atoms with van der Waals surface area (Å²) in [7, 11) is -3.59. The van der Waals surface area contributed by atoms with Gasteiger partial charge in [0.05, 0.1) is 30.3 Å². The van der Waals surface area contributed by atoms with Crippen molar-refractivity contribution in [2.75, 3.05) is 49.0 Å². The van der Waals surface area contributed by atoms with Crippen molar-refractivity contribution in [2.24, 2.45) is 0 Å². The molecule has 2 saturated heterocycles. The number of ether oxygens (including phenoxy) is 1. The third-order valence-electron chi connectivity index (χ3n) is 5.35. The molecule has 4 rings (SSSR count). The van der Waals surface area contributed by atoms with Crippen LogP contribution in [0.1, 0.15) is 24.2 Å². The molecule has 2 fully saturated rings. The normalized spacial score (nSPS) is 18.2. The van der Waals surface area contributed by atoms with E-state index in [9.17, 15) is 8.42 Å². The Morgan fingerprint density at radius 3 is 2.45 bits per heavy atom. The van der Waals surface area contributed by atoms with Gasteiger partial charge in [0.2, 0.25) is 0 Å². The molecule has 2 aromatic heterocycles. The number of aromatic nitrogens is 3. The van der Waals surface area contributed by atoms with Gasteiger partial charge in [0, 0.05) is 43.5 Å². The van der Waals surface area contributed by atoms with Gasteiger partial charge in [0.25, 0.3) is 0 Å². The summed E-state index contributed by atoms with van der Waals surface area (Å²) in [6, 6.07) is 1.82. The smallest absolute Gasteiger partial charge is 0.301 e. The number of pyridine rings is 1. The first kappa shape index (κ1) is 20.0. The number of rotatable bonds is 5. The second-order valence-electron chi connectivity index (χ2n) is 7.33. The topological polar surface area (TPSA) is 101 Å². The highest BCUT2D eigenvalue weighted by molar-refractivity contribution is 7.90. The van der Waals surface area contributed by atoms with Crippen molar-refractivity contribution in [3.05, 3.63) is 30.0 Å². The molecule has 0 bridgehead atoms. The molecule has 0 radical (unpaired) electrons. The van der Waals surface area contributed by atoms with Crippen molar-refractivity contribution in [3.63, 3.8) is 0 Å². The molecule has 10 heteroatoms. The lowest BCUT2D eigenvalue weighted by molar-refractivity contribution is 0.122. The molecule has 0 amide bonds. The van der Waals surface area contributed by atoms with Crippen LogP contribution in [0.5, 0.6) is 0 Å². The minimum atomic E-state index is -3.59. The van der Waals surface area contributed by atoms with Gasteiger partial charge in [-0.25, -0.2) is 9.97 Å². The predicted molar refractivity (Wildman–Crippen MR) is 111 cm³/mol. The van der Waals surface area contributed by atoms with Gasteiger partial charge in [-0.05, 0) is 32.8 Å². The second kappa shape index (κ2) is 8.21. The van der Waals surface area contributed by atoms with Crippen molar-refractivity contribution in [3.8, 4) is 11.1 Å². The lowest BCUT2D eigenvalue weighted by Crippen LogP contribution is -2.37. The van der Waals surface area contributed by atoms with E-state index in [1.165, 1.54) is 4.31 Å². The monoisotopic (exact) mass is 418 g/mol. The standard InChI is InChI=1S/C19H26N6O3S/c1-14-17(23-29(26,27)25-5-3-4-6-25)11-16(12-20-14)18-15(2)21-13-22-19(18)24-7-9-28-10-8-24/h11-13,23H,3-10H2,1-2H3. The third-order valence-corrected chi connectivity index (χ3v) is 6.87. The second-order valence-corrected chi connectivity index (χ2v) is 9.00. The van der Waals surface area contributed by atoms with Crippen LogP contribution in [0.3, 0.4) is 0 Å². The fourth-order valence-electron chi connectivity index (χ4n) is 3.72. The summed E-state index contributed by atoms with van der Waals surface area (Å²) < 4.78 is 35.1. The average Bonchev–Trinajstić information content (AvgIpc) is 3.26. The zero-order valence-corrected chi connectivity index (χ0v) is 17.6. The molecule has 0 aromatic carbocycles. The van der Waals surface area contributed by atoms with Crippen LogP contribution in [0.4, 0.5) is 11.5 Å². The number of nitrogens with one attached hydrogen (secondary N) is 1. The number of morpholine rings is 1. The van der Waals surface area contributed by atoms with Crippen molar-refractivity contribution in [1.29, 1.82) is 0 Å². The van der Waals surface area contributed by atoms with E-state index < -0.39 is 10.2 Å². The fraction of sp³-hybridized carbons (Fsp3) is 0.526.